The maximum absolute atomic E-state index is 10.7. The number of aliphatic hydroxyl groups is 1. The average Bonchev–Trinajstić information content (AvgIpc) is 3.07. The molecule has 1 aromatic heterocycles. The minimum atomic E-state index is -1.08. The van der Waals surface area contributed by atoms with E-state index < -0.39 is 5.60 Å². The SMILES string of the molecule is CCNC(=NCC(C)(O)c1cnn(C)c1)NCC(C)Oc1ccc(C)cc1.I. The maximum Gasteiger partial charge on any atom is 0.191 e. The van der Waals surface area contributed by atoms with Crippen LogP contribution in [-0.4, -0.2) is 46.6 Å². The Hall–Kier alpha value is -1.81. The zero-order valence-corrected chi connectivity index (χ0v) is 19.6. The molecule has 1 heterocycles. The molecule has 8 heteroatoms. The topological polar surface area (TPSA) is 83.7 Å². The summed E-state index contributed by atoms with van der Waals surface area (Å²) in [5, 5.41) is 21.2. The Morgan fingerprint density at radius 2 is 2.00 bits per heavy atom. The summed E-state index contributed by atoms with van der Waals surface area (Å²) in [6.07, 6.45) is 3.43. The second kappa shape index (κ2) is 11.3. The summed E-state index contributed by atoms with van der Waals surface area (Å²) in [6.45, 7) is 9.34. The van der Waals surface area contributed by atoms with Crippen LogP contribution in [0.25, 0.3) is 0 Å². The Labute approximate surface area is 184 Å². The van der Waals surface area contributed by atoms with Crippen LogP contribution in [0.2, 0.25) is 0 Å². The summed E-state index contributed by atoms with van der Waals surface area (Å²) < 4.78 is 7.58. The molecule has 0 aliphatic rings. The van der Waals surface area contributed by atoms with E-state index in [-0.39, 0.29) is 36.6 Å². The van der Waals surface area contributed by atoms with Crippen LogP contribution in [0, 0.1) is 6.92 Å². The highest BCUT2D eigenvalue weighted by Crippen LogP contribution is 2.19. The highest BCUT2D eigenvalue weighted by Gasteiger charge is 2.24. The van der Waals surface area contributed by atoms with Crippen molar-refractivity contribution in [2.24, 2.45) is 12.0 Å². The van der Waals surface area contributed by atoms with Gasteiger partial charge in [0.15, 0.2) is 5.96 Å². The highest BCUT2D eigenvalue weighted by atomic mass is 127. The van der Waals surface area contributed by atoms with Crippen LogP contribution in [0.5, 0.6) is 5.75 Å². The Balaban J connectivity index is 0.00000392. The van der Waals surface area contributed by atoms with Crippen LogP contribution in [0.1, 0.15) is 31.9 Å². The van der Waals surface area contributed by atoms with Crippen molar-refractivity contribution in [3.63, 3.8) is 0 Å². The van der Waals surface area contributed by atoms with Crippen LogP contribution >= 0.6 is 24.0 Å². The van der Waals surface area contributed by atoms with Crippen molar-refractivity contribution in [1.29, 1.82) is 0 Å². The molecule has 2 aromatic rings. The minimum Gasteiger partial charge on any atom is -0.489 e. The molecule has 28 heavy (non-hydrogen) atoms. The summed E-state index contributed by atoms with van der Waals surface area (Å²) in [5.41, 5.74) is 0.858. The number of hydrogen-bond acceptors (Lipinski definition) is 4. The average molecular weight is 501 g/mol. The van der Waals surface area contributed by atoms with Gasteiger partial charge < -0.3 is 20.5 Å². The lowest BCUT2D eigenvalue weighted by Crippen LogP contribution is -2.42. The molecule has 0 amide bonds. The standard InChI is InChI=1S/C20H31N5O2.HI/c1-6-21-19(23-14-20(4,26)17-12-24-25(5)13-17)22-11-16(3)27-18-9-7-15(2)8-10-18;/h7-10,12-13,16,26H,6,11,14H2,1-5H3,(H2,21,22,23);1H. The number of benzene rings is 1. The van der Waals surface area contributed by atoms with Gasteiger partial charge >= 0.3 is 0 Å². The van der Waals surface area contributed by atoms with Crippen LogP contribution in [0.15, 0.2) is 41.7 Å². The van der Waals surface area contributed by atoms with Gasteiger partial charge in [0, 0.05) is 25.4 Å². The van der Waals surface area contributed by atoms with Gasteiger partial charge in [-0.15, -0.1) is 24.0 Å². The molecule has 7 nitrogen and oxygen atoms in total. The zero-order valence-electron chi connectivity index (χ0n) is 17.3. The quantitative estimate of drug-likeness (QED) is 0.294. The number of nitrogens with one attached hydrogen (secondary N) is 2. The Morgan fingerprint density at radius 1 is 1.32 bits per heavy atom. The van der Waals surface area contributed by atoms with E-state index in [1.54, 1.807) is 24.0 Å². The third-order valence-electron chi connectivity index (χ3n) is 4.13. The van der Waals surface area contributed by atoms with Gasteiger partial charge in [-0.05, 0) is 39.8 Å². The molecule has 1 aromatic carbocycles. The summed E-state index contributed by atoms with van der Waals surface area (Å²) in [5.74, 6) is 1.48. The van der Waals surface area contributed by atoms with Crippen molar-refractivity contribution in [2.45, 2.75) is 39.4 Å². The van der Waals surface area contributed by atoms with E-state index in [0.717, 1.165) is 17.9 Å². The Morgan fingerprint density at radius 3 is 2.57 bits per heavy atom. The second-order valence-electron chi connectivity index (χ2n) is 6.99. The molecule has 156 valence electrons. The second-order valence-corrected chi connectivity index (χ2v) is 6.99. The van der Waals surface area contributed by atoms with Gasteiger partial charge in [-0.3, -0.25) is 4.68 Å². The molecule has 0 fully saturated rings. The molecule has 0 saturated heterocycles. The molecule has 0 radical (unpaired) electrons. The van der Waals surface area contributed by atoms with Gasteiger partial charge in [-0.1, -0.05) is 17.7 Å². The predicted octanol–water partition coefficient (Wildman–Crippen LogP) is 2.58. The summed E-state index contributed by atoms with van der Waals surface area (Å²) >= 11 is 0. The number of aromatic nitrogens is 2. The van der Waals surface area contributed by atoms with E-state index in [4.69, 9.17) is 4.74 Å². The molecule has 0 aliphatic heterocycles. The fourth-order valence-electron chi connectivity index (χ4n) is 2.50. The number of guanidine groups is 1. The van der Waals surface area contributed by atoms with Crippen molar-refractivity contribution in [1.82, 2.24) is 20.4 Å². The Bertz CT molecular complexity index is 743. The Kier molecular flexibility index (Phi) is 9.74. The smallest absolute Gasteiger partial charge is 0.191 e. The van der Waals surface area contributed by atoms with Crippen LogP contribution in [0.3, 0.4) is 0 Å². The molecule has 0 aliphatic carbocycles. The molecule has 0 spiro atoms. The molecule has 2 unspecified atom stereocenters. The first kappa shape index (κ1) is 24.2. The van der Waals surface area contributed by atoms with Crippen LogP contribution in [-0.2, 0) is 12.6 Å². The lowest BCUT2D eigenvalue weighted by molar-refractivity contribution is 0.0671. The minimum absolute atomic E-state index is 0. The highest BCUT2D eigenvalue weighted by molar-refractivity contribution is 14.0. The molecule has 2 rings (SSSR count). The normalized spacial score (nSPS) is 14.6. The monoisotopic (exact) mass is 501 g/mol. The first-order valence-electron chi connectivity index (χ1n) is 9.27. The zero-order chi connectivity index (χ0) is 19.9. The number of ether oxygens (including phenoxy) is 1. The van der Waals surface area contributed by atoms with Crippen molar-refractivity contribution < 1.29 is 9.84 Å². The van der Waals surface area contributed by atoms with Crippen LogP contribution in [0.4, 0.5) is 0 Å². The van der Waals surface area contributed by atoms with Crippen molar-refractivity contribution in [3.05, 3.63) is 47.8 Å². The first-order valence-corrected chi connectivity index (χ1v) is 9.27. The molecule has 2 atom stereocenters. The third-order valence-corrected chi connectivity index (χ3v) is 4.13. The molecular formula is C20H32IN5O2. The third kappa shape index (κ3) is 7.67. The molecule has 3 N–H and O–H groups in total. The van der Waals surface area contributed by atoms with E-state index in [2.05, 4.69) is 20.7 Å². The van der Waals surface area contributed by atoms with Crippen molar-refractivity contribution >= 4 is 29.9 Å². The number of aryl methyl sites for hydroxylation is 2. The first-order chi connectivity index (χ1) is 12.8. The fraction of sp³-hybridized carbons (Fsp3) is 0.500. The van der Waals surface area contributed by atoms with Crippen molar-refractivity contribution in [2.75, 3.05) is 19.6 Å². The number of nitrogens with zero attached hydrogens (tertiary/aromatic N) is 3. The molecule has 0 saturated carbocycles. The van der Waals surface area contributed by atoms with Gasteiger partial charge in [-0.25, -0.2) is 4.99 Å². The summed E-state index contributed by atoms with van der Waals surface area (Å²) in [6, 6.07) is 8.00. The largest absolute Gasteiger partial charge is 0.489 e. The van der Waals surface area contributed by atoms with Gasteiger partial charge in [-0.2, -0.15) is 5.10 Å². The summed E-state index contributed by atoms with van der Waals surface area (Å²) in [4.78, 5) is 4.51. The van der Waals surface area contributed by atoms with E-state index in [1.807, 2.05) is 52.1 Å². The van der Waals surface area contributed by atoms with Gasteiger partial charge in [0.1, 0.15) is 17.5 Å². The lowest BCUT2D eigenvalue weighted by Gasteiger charge is -2.21. The van der Waals surface area contributed by atoms with Crippen LogP contribution < -0.4 is 15.4 Å². The van der Waals surface area contributed by atoms with E-state index >= 15 is 0 Å². The van der Waals surface area contributed by atoms with Crippen molar-refractivity contribution in [3.8, 4) is 5.75 Å². The number of rotatable bonds is 8. The van der Waals surface area contributed by atoms with E-state index in [1.165, 1.54) is 5.56 Å². The maximum atomic E-state index is 10.7. The molecule has 0 bridgehead atoms. The molecular weight excluding hydrogens is 469 g/mol. The summed E-state index contributed by atoms with van der Waals surface area (Å²) in [7, 11) is 1.82. The lowest BCUT2D eigenvalue weighted by atomic mass is 10.0. The predicted molar refractivity (Wildman–Crippen MR) is 123 cm³/mol. The van der Waals surface area contributed by atoms with Gasteiger partial charge in [0.2, 0.25) is 0 Å². The van der Waals surface area contributed by atoms with Gasteiger partial charge in [0.05, 0.1) is 19.3 Å². The fourth-order valence-corrected chi connectivity index (χ4v) is 2.50. The van der Waals surface area contributed by atoms with E-state index in [0.29, 0.717) is 12.5 Å². The number of halogens is 1. The van der Waals surface area contributed by atoms with E-state index in [9.17, 15) is 5.11 Å². The number of hydrogen-bond donors (Lipinski definition) is 3. The van der Waals surface area contributed by atoms with Gasteiger partial charge in [0.25, 0.3) is 0 Å². The number of aliphatic imine (C=N–C) groups is 1.